The first-order valence-corrected chi connectivity index (χ1v) is 0. The van der Waals surface area contributed by atoms with Crippen LogP contribution in [-0.4, -0.2) is 0 Å². The molecule has 2 radical (unpaired) electrons. The smallest absolute Gasteiger partial charge is 0 e. The van der Waals surface area contributed by atoms with E-state index < -0.39 is 0 Å². The van der Waals surface area contributed by atoms with Gasteiger partial charge >= 0.3 is 0 Å². The quantitative estimate of drug-likeness (QED) is 0.505. The third kappa shape index (κ3) is 8.95. The Morgan fingerprint density at radius 2 is 1.00 bits per heavy atom. The summed E-state index contributed by atoms with van der Waals surface area (Å²) in [6, 6.07) is 0. The van der Waals surface area contributed by atoms with Gasteiger partial charge in [-0.1, -0.05) is 0 Å². The molecule has 0 aromatic rings. The number of hydrogen-bond donors (Lipinski definition) is 0. The SMILES string of the molecule is [Co].[Cr].[Fe].[Mn]. The van der Waals surface area contributed by atoms with Crippen LogP contribution in [0.4, 0.5) is 0 Å². The summed E-state index contributed by atoms with van der Waals surface area (Å²) < 4.78 is 0. The largest absolute Gasteiger partial charge is 0 e. The van der Waals surface area contributed by atoms with Crippen molar-refractivity contribution < 1.29 is 68.3 Å². The zero-order chi connectivity index (χ0) is 0. The molecule has 30 valence electrons. The van der Waals surface area contributed by atoms with Gasteiger partial charge in [0.15, 0.2) is 0 Å². The summed E-state index contributed by atoms with van der Waals surface area (Å²) in [7, 11) is 0. The Bertz CT molecular complexity index is 8.00. The van der Waals surface area contributed by atoms with Crippen molar-refractivity contribution >= 4 is 0 Å². The first-order valence-electron chi connectivity index (χ1n) is 0. The molecule has 0 saturated carbocycles. The van der Waals surface area contributed by atoms with Gasteiger partial charge in [-0.3, -0.25) is 0 Å². The van der Waals surface area contributed by atoms with Crippen LogP contribution >= 0.6 is 0 Å². The Morgan fingerprint density at radius 1 is 1.00 bits per heavy atom. The normalized spacial score (nSPS) is 0. The summed E-state index contributed by atoms with van der Waals surface area (Å²) in [5, 5.41) is 0. The van der Waals surface area contributed by atoms with E-state index in [1.807, 2.05) is 0 Å². The number of rotatable bonds is 0. The topological polar surface area (TPSA) is 0 Å². The van der Waals surface area contributed by atoms with E-state index in [0.29, 0.717) is 0 Å². The molecule has 4 heteroatoms. The van der Waals surface area contributed by atoms with Crippen molar-refractivity contribution in [2.75, 3.05) is 0 Å². The van der Waals surface area contributed by atoms with Crippen molar-refractivity contribution in [1.82, 2.24) is 0 Å². The van der Waals surface area contributed by atoms with Crippen molar-refractivity contribution in [1.29, 1.82) is 0 Å². The fourth-order valence-electron chi connectivity index (χ4n) is 0. The maximum atomic E-state index is 0. The minimum Gasteiger partial charge on any atom is 0 e. The fraction of sp³-hybridized carbons (Fsp3) is 0. The van der Waals surface area contributed by atoms with Crippen LogP contribution in [-0.2, 0) is 68.3 Å². The van der Waals surface area contributed by atoms with E-state index in [4.69, 9.17) is 0 Å². The third-order valence-electron chi connectivity index (χ3n) is 0. The van der Waals surface area contributed by atoms with E-state index in [1.54, 1.807) is 0 Å². The summed E-state index contributed by atoms with van der Waals surface area (Å²) >= 11 is 0. The molecule has 0 aromatic heterocycles. The first-order chi connectivity index (χ1) is 0. The van der Waals surface area contributed by atoms with Gasteiger partial charge in [0, 0.05) is 68.3 Å². The summed E-state index contributed by atoms with van der Waals surface area (Å²) in [6.45, 7) is 0. The van der Waals surface area contributed by atoms with Crippen LogP contribution in [0, 0.1) is 0 Å². The second kappa shape index (κ2) is 19.6. The van der Waals surface area contributed by atoms with Crippen molar-refractivity contribution in [3.8, 4) is 0 Å². The molecule has 0 heterocycles. The molecule has 0 bridgehead atoms. The molecule has 0 spiro atoms. The van der Waals surface area contributed by atoms with Crippen molar-refractivity contribution in [3.05, 3.63) is 0 Å². The second-order valence-electron chi connectivity index (χ2n) is 0. The Morgan fingerprint density at radius 3 is 1.00 bits per heavy atom. The molecule has 0 amide bonds. The molecule has 0 rings (SSSR count). The zero-order valence-electron chi connectivity index (χ0n) is 1.47. The van der Waals surface area contributed by atoms with Crippen molar-refractivity contribution in [2.24, 2.45) is 0 Å². The summed E-state index contributed by atoms with van der Waals surface area (Å²) in [4.78, 5) is 0. The van der Waals surface area contributed by atoms with E-state index >= 15 is 0 Å². The average Bonchev–Trinajstić information content (AvgIpc) is 0. The molecule has 0 nitrogen and oxygen atoms in total. The minimum atomic E-state index is 0. The van der Waals surface area contributed by atoms with E-state index in [1.165, 1.54) is 0 Å². The third-order valence-corrected chi connectivity index (χ3v) is 0. The van der Waals surface area contributed by atoms with Gasteiger partial charge in [-0.2, -0.15) is 0 Å². The van der Waals surface area contributed by atoms with Crippen LogP contribution in [0.3, 0.4) is 0 Å². The van der Waals surface area contributed by atoms with Gasteiger partial charge in [-0.05, 0) is 0 Å². The minimum absolute atomic E-state index is 0. The van der Waals surface area contributed by atoms with Crippen molar-refractivity contribution in [2.45, 2.75) is 0 Å². The maximum absolute atomic E-state index is 0. The zero-order valence-corrected chi connectivity index (χ0v) is 6.07. The molecule has 0 atom stereocenters. The van der Waals surface area contributed by atoms with Crippen LogP contribution in [0.25, 0.3) is 0 Å². The predicted molar refractivity (Wildman–Crippen MR) is 0 cm³/mol. The predicted octanol–water partition coefficient (Wildman–Crippen LogP) is -0.0100. The molecular formula is CoCrFeMn. The van der Waals surface area contributed by atoms with Crippen molar-refractivity contribution in [3.63, 3.8) is 0 Å². The molecule has 0 unspecified atom stereocenters. The van der Waals surface area contributed by atoms with Crippen LogP contribution in [0.15, 0.2) is 0 Å². The maximum Gasteiger partial charge on any atom is 0 e. The molecule has 0 N–H and O–H groups in total. The Hall–Kier alpha value is 2.08. The van der Waals surface area contributed by atoms with Gasteiger partial charge in [-0.25, -0.2) is 0 Å². The molecule has 4 heavy (non-hydrogen) atoms. The first kappa shape index (κ1) is 36.3. The van der Waals surface area contributed by atoms with E-state index in [-0.39, 0.29) is 68.3 Å². The summed E-state index contributed by atoms with van der Waals surface area (Å²) in [5.41, 5.74) is 0. The Balaban J connectivity index is 0. The van der Waals surface area contributed by atoms with E-state index in [0.717, 1.165) is 0 Å². The molecule has 0 saturated heterocycles. The van der Waals surface area contributed by atoms with Gasteiger partial charge in [0.1, 0.15) is 0 Å². The second-order valence-corrected chi connectivity index (χ2v) is 0. The molecular weight excluding hydrogens is 222 g/mol. The van der Waals surface area contributed by atoms with Gasteiger partial charge in [0.2, 0.25) is 0 Å². The van der Waals surface area contributed by atoms with Crippen LogP contribution < -0.4 is 0 Å². The van der Waals surface area contributed by atoms with Gasteiger partial charge < -0.3 is 0 Å². The van der Waals surface area contributed by atoms with Crippen LogP contribution in [0.5, 0.6) is 0 Å². The average molecular weight is 222 g/mol. The number of hydrogen-bond acceptors (Lipinski definition) is 0. The van der Waals surface area contributed by atoms with Gasteiger partial charge in [0.05, 0.1) is 0 Å². The molecule has 0 aliphatic heterocycles. The van der Waals surface area contributed by atoms with Gasteiger partial charge in [0.25, 0.3) is 0 Å². The van der Waals surface area contributed by atoms with Gasteiger partial charge in [-0.15, -0.1) is 0 Å². The molecule has 0 aromatic carbocycles. The Kier molecular flexibility index (Phi) is 177. The van der Waals surface area contributed by atoms with Crippen LogP contribution in [0.2, 0.25) is 0 Å². The van der Waals surface area contributed by atoms with E-state index in [2.05, 4.69) is 0 Å². The standard InChI is InChI=1S/Co.Cr.Fe.Mn. The van der Waals surface area contributed by atoms with E-state index in [9.17, 15) is 0 Å². The summed E-state index contributed by atoms with van der Waals surface area (Å²) in [5.74, 6) is 0. The molecule has 0 aliphatic rings. The summed E-state index contributed by atoms with van der Waals surface area (Å²) in [6.07, 6.45) is 0. The van der Waals surface area contributed by atoms with Crippen LogP contribution in [0.1, 0.15) is 0 Å². The molecule has 0 aliphatic carbocycles. The monoisotopic (exact) mass is 222 g/mol. The fourth-order valence-corrected chi connectivity index (χ4v) is 0. The molecule has 0 fully saturated rings. The Labute approximate surface area is 67.8 Å².